The first-order valence-corrected chi connectivity index (χ1v) is 6.61. The zero-order chi connectivity index (χ0) is 13.9. The van der Waals surface area contributed by atoms with Crippen LogP contribution in [0.4, 0.5) is 0 Å². The van der Waals surface area contributed by atoms with Gasteiger partial charge in [0, 0.05) is 26.1 Å². The van der Waals surface area contributed by atoms with Gasteiger partial charge >= 0.3 is 5.97 Å². The fraction of sp³-hybridized carbons (Fsp3) is 0.250. The molecule has 0 unspecified atom stereocenters. The number of nitrogens with zero attached hydrogens (tertiary/aromatic N) is 1. The molecule has 0 saturated carbocycles. The van der Waals surface area contributed by atoms with Gasteiger partial charge in [-0.3, -0.25) is 0 Å². The van der Waals surface area contributed by atoms with E-state index in [1.165, 1.54) is 26.2 Å². The number of carboxylic acids is 1. The Morgan fingerprint density at radius 1 is 1.39 bits per heavy atom. The maximum Gasteiger partial charge on any atom is 0.331 e. The predicted molar refractivity (Wildman–Crippen MR) is 67.8 cm³/mol. The van der Waals surface area contributed by atoms with Crippen LogP contribution in [0.5, 0.6) is 0 Å². The van der Waals surface area contributed by atoms with Crippen molar-refractivity contribution in [1.29, 1.82) is 0 Å². The van der Waals surface area contributed by atoms with Crippen LogP contribution in [0, 0.1) is 0 Å². The van der Waals surface area contributed by atoms with E-state index in [0.717, 1.165) is 4.31 Å². The smallest absolute Gasteiger partial charge is 0.331 e. The Kier molecular flexibility index (Phi) is 4.26. The van der Waals surface area contributed by atoms with E-state index in [-0.39, 0.29) is 16.9 Å². The molecule has 5 nitrogen and oxygen atoms in total. The standard InChI is InChI=1S/C12H15NO4S/c1-9(12(14)15)7-10-5-4-6-11(8-10)18(16,17)13(2)3/h4-6,8H,1,7H2,2-3H3,(H,14,15). The monoisotopic (exact) mass is 269 g/mol. The van der Waals surface area contributed by atoms with Crippen LogP contribution in [0.1, 0.15) is 5.56 Å². The molecule has 0 atom stereocenters. The van der Waals surface area contributed by atoms with Gasteiger partial charge in [-0.15, -0.1) is 0 Å². The van der Waals surface area contributed by atoms with Crippen LogP contribution in [0.3, 0.4) is 0 Å². The van der Waals surface area contributed by atoms with Crippen molar-refractivity contribution in [3.05, 3.63) is 42.0 Å². The van der Waals surface area contributed by atoms with Crippen molar-refractivity contribution in [2.24, 2.45) is 0 Å². The highest BCUT2D eigenvalue weighted by molar-refractivity contribution is 7.89. The molecule has 98 valence electrons. The molecule has 0 radical (unpaired) electrons. The Labute approximate surface area is 106 Å². The molecule has 0 saturated heterocycles. The molecular formula is C12H15NO4S. The summed E-state index contributed by atoms with van der Waals surface area (Å²) in [6, 6.07) is 6.19. The minimum absolute atomic E-state index is 0.0226. The van der Waals surface area contributed by atoms with E-state index in [4.69, 9.17) is 5.11 Å². The van der Waals surface area contributed by atoms with Gasteiger partial charge in [0.1, 0.15) is 0 Å². The lowest BCUT2D eigenvalue weighted by Crippen LogP contribution is -2.22. The minimum atomic E-state index is -3.50. The van der Waals surface area contributed by atoms with Crippen molar-refractivity contribution < 1.29 is 18.3 Å². The van der Waals surface area contributed by atoms with Gasteiger partial charge in [-0.1, -0.05) is 18.7 Å². The Hall–Kier alpha value is -1.66. The number of sulfonamides is 1. The van der Waals surface area contributed by atoms with Gasteiger partial charge in [-0.05, 0) is 17.7 Å². The highest BCUT2D eigenvalue weighted by Gasteiger charge is 2.17. The van der Waals surface area contributed by atoms with Crippen molar-refractivity contribution in [3.8, 4) is 0 Å². The summed E-state index contributed by atoms with van der Waals surface area (Å²) in [6.45, 7) is 3.42. The van der Waals surface area contributed by atoms with Crippen LogP contribution in [0.15, 0.2) is 41.3 Å². The second-order valence-corrected chi connectivity index (χ2v) is 6.17. The normalized spacial score (nSPS) is 11.5. The summed E-state index contributed by atoms with van der Waals surface area (Å²) in [6.07, 6.45) is 0.117. The van der Waals surface area contributed by atoms with E-state index < -0.39 is 16.0 Å². The zero-order valence-corrected chi connectivity index (χ0v) is 11.1. The second-order valence-electron chi connectivity index (χ2n) is 4.02. The molecule has 0 fully saturated rings. The molecule has 6 heteroatoms. The summed E-state index contributed by atoms with van der Waals surface area (Å²) in [5, 5.41) is 8.73. The van der Waals surface area contributed by atoms with E-state index in [1.807, 2.05) is 0 Å². The summed E-state index contributed by atoms with van der Waals surface area (Å²) in [5.41, 5.74) is 0.625. The van der Waals surface area contributed by atoms with E-state index in [0.29, 0.717) is 5.56 Å². The third-order valence-corrected chi connectivity index (χ3v) is 4.21. The van der Waals surface area contributed by atoms with E-state index in [9.17, 15) is 13.2 Å². The van der Waals surface area contributed by atoms with Crippen molar-refractivity contribution in [1.82, 2.24) is 4.31 Å². The molecule has 1 aromatic carbocycles. The molecule has 0 aromatic heterocycles. The number of carboxylic acid groups (broad SMARTS) is 1. The number of hydrogen-bond acceptors (Lipinski definition) is 3. The molecule has 0 bridgehead atoms. The molecule has 0 spiro atoms. The molecule has 0 amide bonds. The number of aliphatic carboxylic acids is 1. The molecule has 0 aliphatic carbocycles. The van der Waals surface area contributed by atoms with Gasteiger partial charge in [0.05, 0.1) is 4.90 Å². The quantitative estimate of drug-likeness (QED) is 0.813. The average Bonchev–Trinajstić information content (AvgIpc) is 2.28. The molecule has 0 heterocycles. The fourth-order valence-electron chi connectivity index (χ4n) is 1.35. The number of rotatable bonds is 5. The lowest BCUT2D eigenvalue weighted by atomic mass is 10.1. The second kappa shape index (κ2) is 5.32. The summed E-state index contributed by atoms with van der Waals surface area (Å²) in [5.74, 6) is -1.09. The van der Waals surface area contributed by atoms with Gasteiger partial charge < -0.3 is 5.11 Å². The summed E-state index contributed by atoms with van der Waals surface area (Å²) < 4.78 is 24.9. The molecular weight excluding hydrogens is 254 g/mol. The number of carbonyl (C=O) groups is 1. The zero-order valence-electron chi connectivity index (χ0n) is 10.3. The molecule has 18 heavy (non-hydrogen) atoms. The largest absolute Gasteiger partial charge is 0.478 e. The maximum absolute atomic E-state index is 11.9. The Balaban J connectivity index is 3.08. The number of hydrogen-bond donors (Lipinski definition) is 1. The van der Waals surface area contributed by atoms with Crippen LogP contribution in [0.25, 0.3) is 0 Å². The first kappa shape index (κ1) is 14.4. The lowest BCUT2D eigenvalue weighted by molar-refractivity contribution is -0.132. The predicted octanol–water partition coefficient (Wildman–Crippen LogP) is 1.12. The molecule has 0 aliphatic heterocycles. The lowest BCUT2D eigenvalue weighted by Gasteiger charge is -2.12. The molecule has 1 N–H and O–H groups in total. The van der Waals surface area contributed by atoms with Gasteiger partial charge in [0.2, 0.25) is 10.0 Å². The maximum atomic E-state index is 11.9. The van der Waals surface area contributed by atoms with Crippen LogP contribution in [0.2, 0.25) is 0 Å². The topological polar surface area (TPSA) is 74.7 Å². The van der Waals surface area contributed by atoms with Gasteiger partial charge in [0.25, 0.3) is 0 Å². The van der Waals surface area contributed by atoms with Crippen molar-refractivity contribution >= 4 is 16.0 Å². The van der Waals surface area contributed by atoms with E-state index >= 15 is 0 Å². The van der Waals surface area contributed by atoms with Crippen LogP contribution in [-0.2, 0) is 21.2 Å². The fourth-order valence-corrected chi connectivity index (χ4v) is 2.32. The van der Waals surface area contributed by atoms with Crippen LogP contribution in [-0.4, -0.2) is 37.9 Å². The minimum Gasteiger partial charge on any atom is -0.478 e. The highest BCUT2D eigenvalue weighted by atomic mass is 32.2. The van der Waals surface area contributed by atoms with Gasteiger partial charge in [-0.2, -0.15) is 0 Å². The van der Waals surface area contributed by atoms with Gasteiger partial charge in [-0.25, -0.2) is 17.5 Å². The Bertz CT molecular complexity index is 575. The SMILES string of the molecule is C=C(Cc1cccc(S(=O)(=O)N(C)C)c1)C(=O)O. The van der Waals surface area contributed by atoms with Crippen LogP contribution >= 0.6 is 0 Å². The van der Waals surface area contributed by atoms with Crippen molar-refractivity contribution in [2.75, 3.05) is 14.1 Å². The van der Waals surface area contributed by atoms with E-state index in [2.05, 4.69) is 6.58 Å². The third kappa shape index (κ3) is 3.18. The van der Waals surface area contributed by atoms with E-state index in [1.54, 1.807) is 12.1 Å². The first-order valence-electron chi connectivity index (χ1n) is 5.17. The Morgan fingerprint density at radius 2 is 2.00 bits per heavy atom. The van der Waals surface area contributed by atoms with Gasteiger partial charge in [0.15, 0.2) is 0 Å². The number of benzene rings is 1. The summed E-state index contributed by atoms with van der Waals surface area (Å²) in [7, 11) is -0.614. The molecule has 1 aromatic rings. The highest BCUT2D eigenvalue weighted by Crippen LogP contribution is 2.16. The summed E-state index contributed by atoms with van der Waals surface area (Å²) >= 11 is 0. The molecule has 0 aliphatic rings. The third-order valence-electron chi connectivity index (χ3n) is 2.40. The van der Waals surface area contributed by atoms with Crippen molar-refractivity contribution in [3.63, 3.8) is 0 Å². The van der Waals surface area contributed by atoms with Crippen molar-refractivity contribution in [2.45, 2.75) is 11.3 Å². The average molecular weight is 269 g/mol. The van der Waals surface area contributed by atoms with Crippen LogP contribution < -0.4 is 0 Å². The summed E-state index contributed by atoms with van der Waals surface area (Å²) in [4.78, 5) is 10.8. The Morgan fingerprint density at radius 3 is 2.50 bits per heavy atom. The molecule has 1 rings (SSSR count). The first-order chi connectivity index (χ1) is 8.25.